The van der Waals surface area contributed by atoms with Crippen LogP contribution in [-0.2, 0) is 14.4 Å². The van der Waals surface area contributed by atoms with Crippen LogP contribution in [0.5, 0.6) is 0 Å². The molecule has 1 aliphatic heterocycles. The molecule has 0 radical (unpaired) electrons. The van der Waals surface area contributed by atoms with Crippen molar-refractivity contribution in [1.82, 2.24) is 4.90 Å². The Morgan fingerprint density at radius 2 is 1.94 bits per heavy atom. The van der Waals surface area contributed by atoms with Gasteiger partial charge in [-0.25, -0.2) is 0 Å². The molecule has 0 aromatic rings. The van der Waals surface area contributed by atoms with Crippen LogP contribution in [0.4, 0.5) is 0 Å². The lowest BCUT2D eigenvalue weighted by Gasteiger charge is -2.42. The number of aliphatic carboxylic acids is 1. The second kappa shape index (κ2) is 4.71. The van der Waals surface area contributed by atoms with E-state index < -0.39 is 11.5 Å². The molecule has 0 bridgehead atoms. The molecule has 1 heterocycles. The molecule has 100 valence electrons. The SMILES string of the molecule is CC1CC(=O)N(C2(CC(=O)O)CCCCC2)C1=O. The third-order valence-electron chi connectivity index (χ3n) is 4.11. The van der Waals surface area contributed by atoms with Gasteiger partial charge in [-0.05, 0) is 12.8 Å². The Morgan fingerprint density at radius 1 is 1.33 bits per heavy atom. The van der Waals surface area contributed by atoms with Crippen molar-refractivity contribution in [1.29, 1.82) is 0 Å². The summed E-state index contributed by atoms with van der Waals surface area (Å²) in [6.45, 7) is 1.73. The van der Waals surface area contributed by atoms with E-state index >= 15 is 0 Å². The highest BCUT2D eigenvalue weighted by atomic mass is 16.4. The molecule has 18 heavy (non-hydrogen) atoms. The van der Waals surface area contributed by atoms with Crippen LogP contribution in [-0.4, -0.2) is 33.3 Å². The summed E-state index contributed by atoms with van der Waals surface area (Å²) in [5.74, 6) is -1.62. The van der Waals surface area contributed by atoms with Gasteiger partial charge in [-0.3, -0.25) is 19.3 Å². The number of rotatable bonds is 3. The number of likely N-dealkylation sites (tertiary alicyclic amines) is 1. The van der Waals surface area contributed by atoms with Gasteiger partial charge in [-0.15, -0.1) is 0 Å². The van der Waals surface area contributed by atoms with Gasteiger partial charge in [0.05, 0.1) is 12.0 Å². The van der Waals surface area contributed by atoms with Crippen molar-refractivity contribution >= 4 is 17.8 Å². The van der Waals surface area contributed by atoms with Crippen LogP contribution in [0.3, 0.4) is 0 Å². The fourth-order valence-electron chi connectivity index (χ4n) is 3.25. The monoisotopic (exact) mass is 253 g/mol. The Kier molecular flexibility index (Phi) is 3.41. The molecular weight excluding hydrogens is 234 g/mol. The zero-order chi connectivity index (χ0) is 13.3. The maximum atomic E-state index is 12.1. The van der Waals surface area contributed by atoms with E-state index in [1.54, 1.807) is 6.92 Å². The highest BCUT2D eigenvalue weighted by Crippen LogP contribution is 2.40. The van der Waals surface area contributed by atoms with Gasteiger partial charge >= 0.3 is 5.97 Å². The zero-order valence-corrected chi connectivity index (χ0v) is 10.6. The Hall–Kier alpha value is -1.39. The van der Waals surface area contributed by atoms with Gasteiger partial charge in [-0.2, -0.15) is 0 Å². The van der Waals surface area contributed by atoms with Crippen LogP contribution < -0.4 is 0 Å². The molecule has 2 amide bonds. The van der Waals surface area contributed by atoms with Crippen LogP contribution >= 0.6 is 0 Å². The van der Waals surface area contributed by atoms with Gasteiger partial charge in [0, 0.05) is 12.3 Å². The minimum absolute atomic E-state index is 0.114. The molecule has 2 rings (SSSR count). The van der Waals surface area contributed by atoms with Crippen molar-refractivity contribution in [3.8, 4) is 0 Å². The van der Waals surface area contributed by atoms with E-state index in [4.69, 9.17) is 5.11 Å². The van der Waals surface area contributed by atoms with Gasteiger partial charge in [0.1, 0.15) is 0 Å². The molecule has 1 unspecified atom stereocenters. The maximum Gasteiger partial charge on any atom is 0.305 e. The number of nitrogens with zero attached hydrogens (tertiary/aromatic N) is 1. The van der Waals surface area contributed by atoms with Crippen LogP contribution in [0.1, 0.15) is 51.9 Å². The van der Waals surface area contributed by atoms with Crippen molar-refractivity contribution in [2.24, 2.45) is 5.92 Å². The van der Waals surface area contributed by atoms with Crippen LogP contribution in [0, 0.1) is 5.92 Å². The zero-order valence-electron chi connectivity index (χ0n) is 10.6. The summed E-state index contributed by atoms with van der Waals surface area (Å²) in [5, 5.41) is 9.08. The molecule has 1 saturated carbocycles. The fraction of sp³-hybridized carbons (Fsp3) is 0.769. The Labute approximate surface area is 106 Å². The van der Waals surface area contributed by atoms with Crippen molar-refractivity contribution in [3.05, 3.63) is 0 Å². The average molecular weight is 253 g/mol. The van der Waals surface area contributed by atoms with Gasteiger partial charge in [-0.1, -0.05) is 26.2 Å². The number of carboxylic acids is 1. The number of hydrogen-bond acceptors (Lipinski definition) is 3. The minimum Gasteiger partial charge on any atom is -0.481 e. The molecule has 0 aromatic heterocycles. The fourth-order valence-corrected chi connectivity index (χ4v) is 3.25. The maximum absolute atomic E-state index is 12.1. The van der Waals surface area contributed by atoms with Crippen LogP contribution in [0.15, 0.2) is 0 Å². The summed E-state index contributed by atoms with van der Waals surface area (Å²) in [6.07, 6.45) is 4.19. The molecule has 5 nitrogen and oxygen atoms in total. The molecule has 1 N–H and O–H groups in total. The molecule has 1 saturated heterocycles. The first-order valence-corrected chi connectivity index (χ1v) is 6.55. The van der Waals surface area contributed by atoms with Crippen molar-refractivity contribution < 1.29 is 19.5 Å². The normalized spacial score (nSPS) is 27.6. The van der Waals surface area contributed by atoms with E-state index in [0.717, 1.165) is 19.3 Å². The van der Waals surface area contributed by atoms with Gasteiger partial charge in [0.25, 0.3) is 0 Å². The summed E-state index contributed by atoms with van der Waals surface area (Å²) in [6, 6.07) is 0. The van der Waals surface area contributed by atoms with Crippen molar-refractivity contribution in [2.75, 3.05) is 0 Å². The third kappa shape index (κ3) is 2.13. The summed E-state index contributed by atoms with van der Waals surface area (Å²) in [7, 11) is 0. The number of carbonyl (C=O) groups excluding carboxylic acids is 2. The van der Waals surface area contributed by atoms with E-state index in [1.807, 2.05) is 0 Å². The molecule has 0 aromatic carbocycles. The van der Waals surface area contributed by atoms with Gasteiger partial charge < -0.3 is 5.11 Å². The smallest absolute Gasteiger partial charge is 0.305 e. The van der Waals surface area contributed by atoms with Gasteiger partial charge in [0.2, 0.25) is 11.8 Å². The molecule has 1 aliphatic carbocycles. The number of carbonyl (C=O) groups is 3. The topological polar surface area (TPSA) is 74.7 Å². The van der Waals surface area contributed by atoms with Crippen LogP contribution in [0.2, 0.25) is 0 Å². The molecule has 0 spiro atoms. The predicted molar refractivity (Wildman–Crippen MR) is 63.7 cm³/mol. The standard InChI is InChI=1S/C13H19NO4/c1-9-7-10(15)14(12(9)18)13(8-11(16)17)5-3-2-4-6-13/h9H,2-8H2,1H3,(H,16,17). The quantitative estimate of drug-likeness (QED) is 0.774. The van der Waals surface area contributed by atoms with Crippen molar-refractivity contribution in [2.45, 2.75) is 57.4 Å². The summed E-state index contributed by atoms with van der Waals surface area (Å²) in [4.78, 5) is 36.5. The highest BCUT2D eigenvalue weighted by molar-refractivity contribution is 6.04. The number of imide groups is 1. The summed E-state index contributed by atoms with van der Waals surface area (Å²) in [5.41, 5.74) is -0.761. The first kappa shape index (κ1) is 13.1. The number of hydrogen-bond donors (Lipinski definition) is 1. The van der Waals surface area contributed by atoms with E-state index in [0.29, 0.717) is 12.8 Å². The van der Waals surface area contributed by atoms with Crippen LogP contribution in [0.25, 0.3) is 0 Å². The van der Waals surface area contributed by atoms with Gasteiger partial charge in [0.15, 0.2) is 0 Å². The molecule has 2 aliphatic rings. The molecule has 2 fully saturated rings. The van der Waals surface area contributed by atoms with E-state index in [2.05, 4.69) is 0 Å². The molecular formula is C13H19NO4. The lowest BCUT2D eigenvalue weighted by Crippen LogP contribution is -2.54. The van der Waals surface area contributed by atoms with Crippen molar-refractivity contribution in [3.63, 3.8) is 0 Å². The Bertz CT molecular complexity index is 384. The first-order chi connectivity index (χ1) is 8.46. The Morgan fingerprint density at radius 3 is 2.39 bits per heavy atom. The average Bonchev–Trinajstić information content (AvgIpc) is 2.53. The second-order valence-electron chi connectivity index (χ2n) is 5.53. The third-order valence-corrected chi connectivity index (χ3v) is 4.11. The summed E-state index contributed by atoms with van der Waals surface area (Å²) >= 11 is 0. The van der Waals surface area contributed by atoms with E-state index in [-0.39, 0.29) is 30.6 Å². The predicted octanol–water partition coefficient (Wildman–Crippen LogP) is 1.56. The van der Waals surface area contributed by atoms with E-state index in [1.165, 1.54) is 4.90 Å². The lowest BCUT2D eigenvalue weighted by molar-refractivity contribution is -0.152. The number of amides is 2. The largest absolute Gasteiger partial charge is 0.481 e. The number of carboxylic acid groups (broad SMARTS) is 1. The molecule has 1 atom stereocenters. The first-order valence-electron chi connectivity index (χ1n) is 6.55. The highest BCUT2D eigenvalue weighted by Gasteiger charge is 2.50. The molecule has 5 heteroatoms. The Balaban J connectivity index is 2.31. The lowest BCUT2D eigenvalue weighted by atomic mass is 9.78. The second-order valence-corrected chi connectivity index (χ2v) is 5.53. The minimum atomic E-state index is -0.933. The summed E-state index contributed by atoms with van der Waals surface area (Å²) < 4.78 is 0. The van der Waals surface area contributed by atoms with E-state index in [9.17, 15) is 14.4 Å².